The van der Waals surface area contributed by atoms with Crippen LogP contribution in [0.2, 0.25) is 0 Å². The van der Waals surface area contributed by atoms with E-state index in [1.165, 1.54) is 0 Å². The molecule has 1 aliphatic rings. The second-order valence-electron chi connectivity index (χ2n) is 1.97. The average Bonchev–Trinajstić information content (AvgIpc) is 1.88. The molecule has 1 aliphatic carbocycles. The summed E-state index contributed by atoms with van der Waals surface area (Å²) in [4.78, 5) is 9.98. The highest BCUT2D eigenvalue weighted by molar-refractivity contribution is 5.58. The second kappa shape index (κ2) is 3.06. The van der Waals surface area contributed by atoms with Crippen LogP contribution in [0.5, 0.6) is 0 Å². The molecule has 3 heteroatoms. The fourth-order valence-electron chi connectivity index (χ4n) is 0.778. The minimum Gasteiger partial charge on any atom is -0.449 e. The van der Waals surface area contributed by atoms with Gasteiger partial charge in [0.2, 0.25) is 0 Å². The molecule has 0 aromatic heterocycles. The number of rotatable bonds is 1. The largest absolute Gasteiger partial charge is 0.511 e. The lowest BCUT2D eigenvalue weighted by molar-refractivity contribution is 0.116. The highest BCUT2D eigenvalue weighted by Crippen LogP contribution is 2.12. The highest BCUT2D eigenvalue weighted by atomic mass is 16.7. The van der Waals surface area contributed by atoms with Gasteiger partial charge in [-0.25, -0.2) is 4.79 Å². The van der Waals surface area contributed by atoms with Crippen molar-refractivity contribution in [1.82, 2.24) is 0 Å². The summed E-state index contributed by atoms with van der Waals surface area (Å²) >= 11 is 0. The first kappa shape index (κ1) is 6.86. The monoisotopic (exact) mass is 140 g/mol. The van der Waals surface area contributed by atoms with Crippen LogP contribution in [0.1, 0.15) is 12.8 Å². The third kappa shape index (κ3) is 1.93. The Balaban J connectivity index is 2.47. The molecule has 3 nitrogen and oxygen atoms in total. The average molecular weight is 140 g/mol. The van der Waals surface area contributed by atoms with Crippen LogP contribution in [-0.4, -0.2) is 11.3 Å². The van der Waals surface area contributed by atoms with Gasteiger partial charge in [-0.05, 0) is 12.5 Å². The number of ether oxygens (including phenoxy) is 1. The summed E-state index contributed by atoms with van der Waals surface area (Å²) in [5.74, 6) is 0.523. The van der Waals surface area contributed by atoms with E-state index in [0.29, 0.717) is 12.2 Å². The van der Waals surface area contributed by atoms with Crippen molar-refractivity contribution in [2.24, 2.45) is 0 Å². The SMILES string of the molecule is O=C(O)OC1=CC=CCC1. The van der Waals surface area contributed by atoms with Gasteiger partial charge in [0.05, 0.1) is 0 Å². The molecule has 0 heterocycles. The first-order valence-electron chi connectivity index (χ1n) is 3.05. The molecule has 1 rings (SSSR count). The zero-order chi connectivity index (χ0) is 7.40. The van der Waals surface area contributed by atoms with Crippen molar-refractivity contribution in [2.45, 2.75) is 12.8 Å². The van der Waals surface area contributed by atoms with Gasteiger partial charge in [0.25, 0.3) is 0 Å². The van der Waals surface area contributed by atoms with E-state index >= 15 is 0 Å². The van der Waals surface area contributed by atoms with Gasteiger partial charge in [-0.3, -0.25) is 0 Å². The minimum absolute atomic E-state index is 0.523. The fraction of sp³-hybridized carbons (Fsp3) is 0.286. The molecule has 0 aromatic carbocycles. The summed E-state index contributed by atoms with van der Waals surface area (Å²) in [5.41, 5.74) is 0. The van der Waals surface area contributed by atoms with Gasteiger partial charge < -0.3 is 9.84 Å². The molecule has 0 fully saturated rings. The molecule has 0 spiro atoms. The Morgan fingerprint density at radius 2 is 2.50 bits per heavy atom. The summed E-state index contributed by atoms with van der Waals surface area (Å²) in [6.07, 6.45) is 5.73. The number of hydrogen-bond acceptors (Lipinski definition) is 2. The van der Waals surface area contributed by atoms with Gasteiger partial charge >= 0.3 is 6.16 Å². The molecule has 0 atom stereocenters. The van der Waals surface area contributed by atoms with Crippen LogP contribution in [0.3, 0.4) is 0 Å². The maximum absolute atomic E-state index is 9.98. The van der Waals surface area contributed by atoms with Crippen LogP contribution in [0.4, 0.5) is 4.79 Å². The third-order valence-corrected chi connectivity index (χ3v) is 1.19. The molecule has 0 saturated heterocycles. The maximum atomic E-state index is 9.98. The molecule has 0 aromatic rings. The van der Waals surface area contributed by atoms with Gasteiger partial charge in [-0.2, -0.15) is 0 Å². The van der Waals surface area contributed by atoms with E-state index in [1.807, 2.05) is 6.08 Å². The zero-order valence-electron chi connectivity index (χ0n) is 5.41. The standard InChI is InChI=1S/C7H8O3/c8-7(9)10-6-4-2-1-3-5-6/h1-2,4H,3,5H2,(H,8,9). The molecule has 0 saturated carbocycles. The fourth-order valence-corrected chi connectivity index (χ4v) is 0.778. The number of hydrogen-bond donors (Lipinski definition) is 1. The molecule has 0 bridgehead atoms. The van der Waals surface area contributed by atoms with Crippen LogP contribution in [0, 0.1) is 0 Å². The summed E-state index contributed by atoms with van der Waals surface area (Å²) in [6.45, 7) is 0. The Morgan fingerprint density at radius 3 is 3.00 bits per heavy atom. The van der Waals surface area contributed by atoms with Gasteiger partial charge in [0.1, 0.15) is 5.76 Å². The Labute approximate surface area is 58.6 Å². The second-order valence-corrected chi connectivity index (χ2v) is 1.97. The quantitative estimate of drug-likeness (QED) is 0.566. The topological polar surface area (TPSA) is 46.5 Å². The van der Waals surface area contributed by atoms with E-state index in [9.17, 15) is 4.79 Å². The first-order valence-corrected chi connectivity index (χ1v) is 3.05. The highest BCUT2D eigenvalue weighted by Gasteiger charge is 2.04. The molecule has 54 valence electrons. The lowest BCUT2D eigenvalue weighted by Gasteiger charge is -2.05. The molecule has 0 amide bonds. The number of carbonyl (C=O) groups is 1. The van der Waals surface area contributed by atoms with Crippen molar-refractivity contribution in [3.63, 3.8) is 0 Å². The third-order valence-electron chi connectivity index (χ3n) is 1.19. The van der Waals surface area contributed by atoms with Crippen molar-refractivity contribution in [3.8, 4) is 0 Å². The summed E-state index contributed by atoms with van der Waals surface area (Å²) < 4.78 is 4.42. The normalized spacial score (nSPS) is 16.2. The van der Waals surface area contributed by atoms with Gasteiger partial charge in [0.15, 0.2) is 0 Å². The van der Waals surface area contributed by atoms with Crippen LogP contribution in [-0.2, 0) is 4.74 Å². The lowest BCUT2D eigenvalue weighted by Crippen LogP contribution is -2.00. The van der Waals surface area contributed by atoms with Gasteiger partial charge in [-0.1, -0.05) is 12.2 Å². The van der Waals surface area contributed by atoms with Crippen LogP contribution in [0.25, 0.3) is 0 Å². The van der Waals surface area contributed by atoms with Gasteiger partial charge in [-0.15, -0.1) is 0 Å². The summed E-state index contributed by atoms with van der Waals surface area (Å²) in [6, 6.07) is 0. The van der Waals surface area contributed by atoms with E-state index in [0.717, 1.165) is 6.42 Å². The number of allylic oxidation sites excluding steroid dienone is 4. The van der Waals surface area contributed by atoms with Crippen molar-refractivity contribution in [3.05, 3.63) is 24.0 Å². The lowest BCUT2D eigenvalue weighted by atomic mass is 10.2. The molecule has 0 unspecified atom stereocenters. The zero-order valence-corrected chi connectivity index (χ0v) is 5.41. The van der Waals surface area contributed by atoms with Crippen molar-refractivity contribution in [2.75, 3.05) is 0 Å². The Bertz CT molecular complexity index is 191. The smallest absolute Gasteiger partial charge is 0.449 e. The molecule has 0 radical (unpaired) electrons. The molecular weight excluding hydrogens is 132 g/mol. The van der Waals surface area contributed by atoms with E-state index in [4.69, 9.17) is 5.11 Å². The molecule has 10 heavy (non-hydrogen) atoms. The van der Waals surface area contributed by atoms with E-state index in [-0.39, 0.29) is 0 Å². The maximum Gasteiger partial charge on any atom is 0.511 e. The summed E-state index contributed by atoms with van der Waals surface area (Å²) in [5, 5.41) is 8.18. The Hall–Kier alpha value is -1.25. The van der Waals surface area contributed by atoms with E-state index in [2.05, 4.69) is 4.74 Å². The van der Waals surface area contributed by atoms with Gasteiger partial charge in [0, 0.05) is 6.42 Å². The Morgan fingerprint density at radius 1 is 1.70 bits per heavy atom. The van der Waals surface area contributed by atoms with Crippen molar-refractivity contribution < 1.29 is 14.6 Å². The van der Waals surface area contributed by atoms with Crippen LogP contribution < -0.4 is 0 Å². The Kier molecular flexibility index (Phi) is 2.10. The van der Waals surface area contributed by atoms with E-state index in [1.54, 1.807) is 12.2 Å². The summed E-state index contributed by atoms with van der Waals surface area (Å²) in [7, 11) is 0. The predicted octanol–water partition coefficient (Wildman–Crippen LogP) is 1.91. The predicted molar refractivity (Wildman–Crippen MR) is 35.6 cm³/mol. The van der Waals surface area contributed by atoms with Crippen molar-refractivity contribution >= 4 is 6.16 Å². The molecule has 1 N–H and O–H groups in total. The molecular formula is C7H8O3. The molecule has 0 aliphatic heterocycles. The minimum atomic E-state index is -1.23. The van der Waals surface area contributed by atoms with E-state index < -0.39 is 6.16 Å². The number of carboxylic acid groups (broad SMARTS) is 1. The van der Waals surface area contributed by atoms with Crippen LogP contribution in [0.15, 0.2) is 24.0 Å². The van der Waals surface area contributed by atoms with Crippen LogP contribution >= 0.6 is 0 Å². The first-order chi connectivity index (χ1) is 4.79. The van der Waals surface area contributed by atoms with Crippen molar-refractivity contribution in [1.29, 1.82) is 0 Å².